The number of rotatable bonds is 8. The summed E-state index contributed by atoms with van der Waals surface area (Å²) in [5, 5.41) is 14.7. The highest BCUT2D eigenvalue weighted by atomic mass is 16.6. The number of nitro benzene ring substituents is 1. The summed E-state index contributed by atoms with van der Waals surface area (Å²) in [6.45, 7) is 1.55. The lowest BCUT2D eigenvalue weighted by Crippen LogP contribution is -2.21. The second kappa shape index (κ2) is 8.71. The lowest BCUT2D eigenvalue weighted by molar-refractivity contribution is -0.384. The Morgan fingerprint density at radius 3 is 2.84 bits per heavy atom. The predicted octanol–water partition coefficient (Wildman–Crippen LogP) is 2.69. The highest BCUT2D eigenvalue weighted by molar-refractivity contribution is 5.78. The lowest BCUT2D eigenvalue weighted by atomic mass is 10.2. The van der Waals surface area contributed by atoms with E-state index in [1.807, 2.05) is 13.0 Å². The van der Waals surface area contributed by atoms with Crippen LogP contribution < -0.4 is 10.5 Å². The van der Waals surface area contributed by atoms with Crippen LogP contribution in [0, 0.1) is 10.1 Å². The molecule has 0 bridgehead atoms. The minimum absolute atomic E-state index is 0.00786. The van der Waals surface area contributed by atoms with E-state index in [0.29, 0.717) is 17.9 Å². The number of fused-ring (bicyclic) bond motifs is 1. The fraction of sp³-hybridized carbons (Fsp3) is 0.200. The number of esters is 1. The normalized spacial score (nSPS) is 10.9. The van der Waals surface area contributed by atoms with E-state index in [1.165, 1.54) is 12.1 Å². The lowest BCUT2D eigenvalue weighted by Gasteiger charge is -2.06. The summed E-state index contributed by atoms with van der Waals surface area (Å²) in [6.07, 6.45) is 0. The van der Waals surface area contributed by atoms with Crippen LogP contribution >= 0.6 is 0 Å². The van der Waals surface area contributed by atoms with E-state index in [2.05, 4.69) is 10.1 Å². The van der Waals surface area contributed by atoms with Crippen molar-refractivity contribution >= 4 is 22.8 Å². The molecule has 0 radical (unpaired) electrons. The van der Waals surface area contributed by atoms with Crippen molar-refractivity contribution in [2.45, 2.75) is 20.1 Å². The van der Waals surface area contributed by atoms with Gasteiger partial charge in [-0.25, -0.2) is 4.79 Å². The highest BCUT2D eigenvalue weighted by Crippen LogP contribution is 2.27. The number of nitro groups is 1. The number of ether oxygens (including phenoxy) is 2. The SMILES string of the molecule is CCOc1ccccc1-c1noc(COC(=O)Cn2c(=O)oc3cc([N+](=O)[O-])ccc32)n1. The van der Waals surface area contributed by atoms with Crippen molar-refractivity contribution in [3.05, 3.63) is 69.0 Å². The summed E-state index contributed by atoms with van der Waals surface area (Å²) in [5.41, 5.74) is 0.608. The molecular formula is C20H16N4O8. The third kappa shape index (κ3) is 4.19. The molecule has 0 N–H and O–H groups in total. The molecule has 0 amide bonds. The zero-order valence-electron chi connectivity index (χ0n) is 16.7. The molecule has 0 aliphatic rings. The first-order chi connectivity index (χ1) is 15.5. The van der Waals surface area contributed by atoms with Crippen molar-refractivity contribution in [2.24, 2.45) is 0 Å². The van der Waals surface area contributed by atoms with Crippen molar-refractivity contribution in [3.63, 3.8) is 0 Å². The van der Waals surface area contributed by atoms with E-state index in [0.717, 1.165) is 10.6 Å². The Hall–Kier alpha value is -4.48. The summed E-state index contributed by atoms with van der Waals surface area (Å²) in [7, 11) is 0. The molecule has 2 aromatic carbocycles. The van der Waals surface area contributed by atoms with E-state index >= 15 is 0 Å². The molecule has 0 saturated heterocycles. The summed E-state index contributed by atoms with van der Waals surface area (Å²) < 4.78 is 21.8. The molecule has 0 unspecified atom stereocenters. The van der Waals surface area contributed by atoms with E-state index in [-0.39, 0.29) is 35.1 Å². The number of oxazole rings is 1. The maximum absolute atomic E-state index is 12.2. The van der Waals surface area contributed by atoms with Crippen LogP contribution in [0.3, 0.4) is 0 Å². The van der Waals surface area contributed by atoms with Crippen LogP contribution in [-0.2, 0) is 22.7 Å². The second-order valence-electron chi connectivity index (χ2n) is 6.46. The van der Waals surface area contributed by atoms with Crippen LogP contribution in [0.15, 0.2) is 56.2 Å². The van der Waals surface area contributed by atoms with E-state index in [9.17, 15) is 19.7 Å². The predicted molar refractivity (Wildman–Crippen MR) is 108 cm³/mol. The number of hydrogen-bond acceptors (Lipinski definition) is 10. The van der Waals surface area contributed by atoms with Crippen LogP contribution in [0.4, 0.5) is 5.69 Å². The number of non-ortho nitro benzene ring substituents is 1. The van der Waals surface area contributed by atoms with Crippen LogP contribution in [0.25, 0.3) is 22.5 Å². The van der Waals surface area contributed by atoms with Gasteiger partial charge < -0.3 is 18.4 Å². The van der Waals surface area contributed by atoms with Gasteiger partial charge in [-0.3, -0.25) is 19.5 Å². The van der Waals surface area contributed by atoms with Gasteiger partial charge in [-0.05, 0) is 25.1 Å². The zero-order chi connectivity index (χ0) is 22.7. The molecule has 4 rings (SSSR count). The van der Waals surface area contributed by atoms with Gasteiger partial charge in [0.2, 0.25) is 5.82 Å². The average molecular weight is 440 g/mol. The molecule has 32 heavy (non-hydrogen) atoms. The van der Waals surface area contributed by atoms with E-state index in [4.69, 9.17) is 18.4 Å². The van der Waals surface area contributed by atoms with Gasteiger partial charge in [0, 0.05) is 6.07 Å². The van der Waals surface area contributed by atoms with Crippen LogP contribution in [0.1, 0.15) is 12.8 Å². The molecule has 0 fully saturated rings. The summed E-state index contributed by atoms with van der Waals surface area (Å²) >= 11 is 0. The number of para-hydroxylation sites is 1. The highest BCUT2D eigenvalue weighted by Gasteiger charge is 2.18. The Bertz CT molecular complexity index is 1350. The fourth-order valence-electron chi connectivity index (χ4n) is 2.99. The Morgan fingerprint density at radius 2 is 2.06 bits per heavy atom. The topological polar surface area (TPSA) is 153 Å². The number of hydrogen-bond donors (Lipinski definition) is 0. The maximum Gasteiger partial charge on any atom is 0.420 e. The Morgan fingerprint density at radius 1 is 1.25 bits per heavy atom. The first-order valence-electron chi connectivity index (χ1n) is 9.44. The first kappa shape index (κ1) is 20.8. The average Bonchev–Trinajstić information content (AvgIpc) is 3.37. The largest absolute Gasteiger partial charge is 0.493 e. The smallest absolute Gasteiger partial charge is 0.420 e. The molecule has 0 spiro atoms. The monoisotopic (exact) mass is 440 g/mol. The summed E-state index contributed by atoms with van der Waals surface area (Å²) in [4.78, 5) is 38.7. The Labute approximate surface area is 179 Å². The van der Waals surface area contributed by atoms with Gasteiger partial charge in [-0.2, -0.15) is 4.98 Å². The Kier molecular flexibility index (Phi) is 5.66. The number of nitrogens with zero attached hydrogens (tertiary/aromatic N) is 4. The number of carbonyl (C=O) groups is 1. The van der Waals surface area contributed by atoms with Crippen molar-refractivity contribution in [1.29, 1.82) is 0 Å². The second-order valence-corrected chi connectivity index (χ2v) is 6.46. The third-order valence-electron chi connectivity index (χ3n) is 4.40. The van der Waals surface area contributed by atoms with Crippen molar-refractivity contribution in [1.82, 2.24) is 14.7 Å². The van der Waals surface area contributed by atoms with Crippen molar-refractivity contribution < 1.29 is 28.1 Å². The zero-order valence-corrected chi connectivity index (χ0v) is 16.7. The molecule has 164 valence electrons. The molecule has 0 saturated carbocycles. The quantitative estimate of drug-likeness (QED) is 0.227. The summed E-state index contributed by atoms with van der Waals surface area (Å²) in [6, 6.07) is 10.8. The third-order valence-corrected chi connectivity index (χ3v) is 4.40. The molecule has 0 atom stereocenters. The van der Waals surface area contributed by atoms with Gasteiger partial charge in [0.1, 0.15) is 12.3 Å². The van der Waals surface area contributed by atoms with Gasteiger partial charge >= 0.3 is 11.7 Å². The first-order valence-corrected chi connectivity index (χ1v) is 9.44. The van der Waals surface area contributed by atoms with Crippen LogP contribution in [0.5, 0.6) is 5.75 Å². The maximum atomic E-state index is 12.2. The standard InChI is InChI=1S/C20H16N4O8/c1-2-29-15-6-4-3-5-13(15)19-21-17(32-22-19)11-30-18(25)10-23-14-8-7-12(24(27)28)9-16(14)31-20(23)26/h3-9H,2,10-11H2,1H3. The molecule has 4 aromatic rings. The van der Waals surface area contributed by atoms with Gasteiger partial charge in [0.25, 0.3) is 11.6 Å². The van der Waals surface area contributed by atoms with Crippen molar-refractivity contribution in [3.8, 4) is 17.1 Å². The molecule has 0 aliphatic heterocycles. The molecule has 2 aromatic heterocycles. The van der Waals surface area contributed by atoms with Crippen LogP contribution in [-0.4, -0.2) is 32.2 Å². The van der Waals surface area contributed by atoms with Crippen molar-refractivity contribution in [2.75, 3.05) is 6.61 Å². The molecule has 2 heterocycles. The minimum atomic E-state index is -0.843. The number of aromatic nitrogens is 3. The fourth-order valence-corrected chi connectivity index (χ4v) is 2.99. The molecule has 0 aliphatic carbocycles. The minimum Gasteiger partial charge on any atom is -0.493 e. The van der Waals surface area contributed by atoms with Gasteiger partial charge in [0.15, 0.2) is 12.2 Å². The van der Waals surface area contributed by atoms with E-state index < -0.39 is 23.2 Å². The van der Waals surface area contributed by atoms with Crippen LogP contribution in [0.2, 0.25) is 0 Å². The number of benzene rings is 2. The van der Waals surface area contributed by atoms with Gasteiger partial charge in [0.05, 0.1) is 28.7 Å². The van der Waals surface area contributed by atoms with Gasteiger partial charge in [-0.15, -0.1) is 0 Å². The number of carbonyl (C=O) groups excluding carboxylic acids is 1. The van der Waals surface area contributed by atoms with E-state index in [1.54, 1.807) is 18.2 Å². The molecular weight excluding hydrogens is 424 g/mol. The molecule has 12 nitrogen and oxygen atoms in total. The van der Waals surface area contributed by atoms with Gasteiger partial charge in [-0.1, -0.05) is 17.3 Å². The Balaban J connectivity index is 1.44. The molecule has 12 heteroatoms. The summed E-state index contributed by atoms with van der Waals surface area (Å²) in [5.74, 6) is -0.683.